The highest BCUT2D eigenvalue weighted by molar-refractivity contribution is 6.10. The average molecular weight is 392 g/mol. The maximum absolute atomic E-state index is 12.1. The van der Waals surface area contributed by atoms with Crippen molar-refractivity contribution >= 4 is 11.6 Å². The molecular weight excluding hydrogens is 368 g/mol. The Bertz CT molecular complexity index is 1130. The highest BCUT2D eigenvalue weighted by Gasteiger charge is 2.10. The molecule has 2 heteroatoms. The van der Waals surface area contributed by atoms with E-state index >= 15 is 0 Å². The Balaban J connectivity index is 0.000000171. The molecular formula is C28H24O2. The molecule has 0 aromatic heterocycles. The van der Waals surface area contributed by atoms with Gasteiger partial charge in [-0.2, -0.15) is 0 Å². The number of carbonyl (C=O) groups is 2. The summed E-state index contributed by atoms with van der Waals surface area (Å²) >= 11 is 0. The van der Waals surface area contributed by atoms with E-state index in [1.807, 2.05) is 123 Å². The fourth-order valence-electron chi connectivity index (χ4n) is 3.12. The van der Waals surface area contributed by atoms with Gasteiger partial charge in [0.2, 0.25) is 0 Å². The molecule has 0 bridgehead atoms. The van der Waals surface area contributed by atoms with Crippen LogP contribution < -0.4 is 0 Å². The summed E-state index contributed by atoms with van der Waals surface area (Å²) in [6.07, 6.45) is 0. The third-order valence-electron chi connectivity index (χ3n) is 4.74. The fourth-order valence-corrected chi connectivity index (χ4v) is 3.12. The van der Waals surface area contributed by atoms with Gasteiger partial charge in [-0.1, -0.05) is 109 Å². The number of rotatable bonds is 4. The molecule has 30 heavy (non-hydrogen) atoms. The van der Waals surface area contributed by atoms with Crippen molar-refractivity contribution in [2.45, 2.75) is 13.8 Å². The van der Waals surface area contributed by atoms with Crippen LogP contribution in [0.15, 0.2) is 109 Å². The second kappa shape index (κ2) is 10.1. The van der Waals surface area contributed by atoms with Gasteiger partial charge in [-0.15, -0.1) is 0 Å². The summed E-state index contributed by atoms with van der Waals surface area (Å²) in [6, 6.07) is 34.0. The first-order chi connectivity index (χ1) is 14.6. The summed E-state index contributed by atoms with van der Waals surface area (Å²) < 4.78 is 0. The molecule has 148 valence electrons. The van der Waals surface area contributed by atoms with E-state index in [2.05, 4.69) is 0 Å². The minimum atomic E-state index is 0.0827. The van der Waals surface area contributed by atoms with E-state index in [0.29, 0.717) is 0 Å². The number of hydrogen-bond acceptors (Lipinski definition) is 2. The summed E-state index contributed by atoms with van der Waals surface area (Å²) in [4.78, 5) is 24.1. The van der Waals surface area contributed by atoms with Crippen LogP contribution in [0.25, 0.3) is 0 Å². The zero-order chi connectivity index (χ0) is 21.3. The Kier molecular flexibility index (Phi) is 7.07. The number of ketones is 2. The van der Waals surface area contributed by atoms with Crippen LogP contribution in [-0.4, -0.2) is 11.6 Å². The van der Waals surface area contributed by atoms with Crippen LogP contribution in [0.5, 0.6) is 0 Å². The third kappa shape index (κ3) is 5.39. The molecule has 2 nitrogen and oxygen atoms in total. The van der Waals surface area contributed by atoms with Crippen LogP contribution in [0.3, 0.4) is 0 Å². The Labute approximate surface area is 177 Å². The molecule has 0 fully saturated rings. The maximum Gasteiger partial charge on any atom is 0.193 e. The number of benzene rings is 4. The van der Waals surface area contributed by atoms with E-state index in [9.17, 15) is 9.59 Å². The second-order valence-electron chi connectivity index (χ2n) is 7.07. The lowest BCUT2D eigenvalue weighted by Gasteiger charge is -2.03. The fraction of sp³-hybridized carbons (Fsp3) is 0.0714. The monoisotopic (exact) mass is 392 g/mol. The Morgan fingerprint density at radius 3 is 1.57 bits per heavy atom. The van der Waals surface area contributed by atoms with Crippen LogP contribution in [0.2, 0.25) is 0 Å². The van der Waals surface area contributed by atoms with Gasteiger partial charge in [-0.25, -0.2) is 0 Å². The van der Waals surface area contributed by atoms with Gasteiger partial charge in [-0.05, 0) is 25.5 Å². The summed E-state index contributed by atoms with van der Waals surface area (Å²) in [7, 11) is 0. The van der Waals surface area contributed by atoms with Gasteiger partial charge in [-0.3, -0.25) is 9.59 Å². The molecule has 0 amide bonds. The second-order valence-corrected chi connectivity index (χ2v) is 7.07. The standard InChI is InChI=1S/2C14H12O/c1-11-7-5-6-10-13(11)14(15)12-8-3-2-4-9-12;1-11-6-5-9-13(10-11)14(15)12-7-3-2-4-8-12/h2*2-10H,1H3. The number of carbonyl (C=O) groups excluding carboxylic acids is 2. The molecule has 4 aromatic carbocycles. The van der Waals surface area contributed by atoms with Crippen LogP contribution in [0.1, 0.15) is 43.0 Å². The molecule has 4 rings (SSSR count). The largest absolute Gasteiger partial charge is 0.289 e. The molecule has 0 N–H and O–H groups in total. The Morgan fingerprint density at radius 1 is 0.500 bits per heavy atom. The normalized spacial score (nSPS) is 9.93. The first-order valence-electron chi connectivity index (χ1n) is 9.88. The van der Waals surface area contributed by atoms with Crippen LogP contribution in [-0.2, 0) is 0 Å². The first kappa shape index (κ1) is 20.9. The van der Waals surface area contributed by atoms with E-state index in [1.165, 1.54) is 0 Å². The molecule has 0 spiro atoms. The lowest BCUT2D eigenvalue weighted by atomic mass is 9.99. The minimum absolute atomic E-state index is 0.0827. The van der Waals surface area contributed by atoms with E-state index in [4.69, 9.17) is 0 Å². The van der Waals surface area contributed by atoms with Crippen molar-refractivity contribution in [3.8, 4) is 0 Å². The lowest BCUT2D eigenvalue weighted by Crippen LogP contribution is -2.02. The third-order valence-corrected chi connectivity index (χ3v) is 4.74. The van der Waals surface area contributed by atoms with E-state index < -0.39 is 0 Å². The molecule has 0 atom stereocenters. The Hall–Kier alpha value is -3.78. The van der Waals surface area contributed by atoms with E-state index in [1.54, 1.807) is 0 Å². The van der Waals surface area contributed by atoms with E-state index in [0.717, 1.165) is 33.4 Å². The molecule has 0 aliphatic carbocycles. The number of aryl methyl sites for hydroxylation is 2. The van der Waals surface area contributed by atoms with Gasteiger partial charge in [0, 0.05) is 22.3 Å². The zero-order valence-electron chi connectivity index (χ0n) is 17.2. The van der Waals surface area contributed by atoms with Gasteiger partial charge < -0.3 is 0 Å². The average Bonchev–Trinajstić information content (AvgIpc) is 2.80. The van der Waals surface area contributed by atoms with Gasteiger partial charge in [0.1, 0.15) is 0 Å². The number of hydrogen-bond donors (Lipinski definition) is 0. The minimum Gasteiger partial charge on any atom is -0.289 e. The van der Waals surface area contributed by atoms with Crippen molar-refractivity contribution < 1.29 is 9.59 Å². The quantitative estimate of drug-likeness (QED) is 0.374. The molecule has 0 saturated carbocycles. The van der Waals surface area contributed by atoms with E-state index in [-0.39, 0.29) is 11.6 Å². The van der Waals surface area contributed by atoms with Crippen molar-refractivity contribution in [3.63, 3.8) is 0 Å². The van der Waals surface area contributed by atoms with Crippen molar-refractivity contribution in [3.05, 3.63) is 143 Å². The summed E-state index contributed by atoms with van der Waals surface area (Å²) in [5, 5.41) is 0. The van der Waals surface area contributed by atoms with Gasteiger partial charge >= 0.3 is 0 Å². The van der Waals surface area contributed by atoms with Crippen LogP contribution in [0, 0.1) is 13.8 Å². The Morgan fingerprint density at radius 2 is 1.00 bits per heavy atom. The van der Waals surface area contributed by atoms with Crippen LogP contribution >= 0.6 is 0 Å². The molecule has 0 aliphatic heterocycles. The molecule has 0 saturated heterocycles. The summed E-state index contributed by atoms with van der Waals surface area (Å²) in [5.74, 6) is 0.174. The predicted octanol–water partition coefficient (Wildman–Crippen LogP) is 6.45. The van der Waals surface area contributed by atoms with Crippen molar-refractivity contribution in [2.24, 2.45) is 0 Å². The molecule has 0 unspecified atom stereocenters. The smallest absolute Gasteiger partial charge is 0.193 e. The van der Waals surface area contributed by atoms with Gasteiger partial charge in [0.15, 0.2) is 11.6 Å². The maximum atomic E-state index is 12.1. The first-order valence-corrected chi connectivity index (χ1v) is 9.88. The highest BCUT2D eigenvalue weighted by atomic mass is 16.1. The summed E-state index contributed by atoms with van der Waals surface area (Å²) in [5.41, 5.74) is 5.14. The zero-order valence-corrected chi connectivity index (χ0v) is 17.2. The molecule has 0 heterocycles. The van der Waals surface area contributed by atoms with Gasteiger partial charge in [0.05, 0.1) is 0 Å². The SMILES string of the molecule is Cc1cccc(C(=O)c2ccccc2)c1.Cc1ccccc1C(=O)c1ccccc1. The molecule has 0 aliphatic rings. The summed E-state index contributed by atoms with van der Waals surface area (Å²) in [6.45, 7) is 3.94. The predicted molar refractivity (Wildman–Crippen MR) is 122 cm³/mol. The highest BCUT2D eigenvalue weighted by Crippen LogP contribution is 2.13. The van der Waals surface area contributed by atoms with Crippen molar-refractivity contribution in [1.29, 1.82) is 0 Å². The molecule has 4 aromatic rings. The van der Waals surface area contributed by atoms with Crippen molar-refractivity contribution in [2.75, 3.05) is 0 Å². The van der Waals surface area contributed by atoms with Gasteiger partial charge in [0.25, 0.3) is 0 Å². The molecule has 0 radical (unpaired) electrons. The lowest BCUT2D eigenvalue weighted by molar-refractivity contribution is 0.103. The topological polar surface area (TPSA) is 34.1 Å². The van der Waals surface area contributed by atoms with Crippen LogP contribution in [0.4, 0.5) is 0 Å². The van der Waals surface area contributed by atoms with Crippen molar-refractivity contribution in [1.82, 2.24) is 0 Å².